The van der Waals surface area contributed by atoms with Gasteiger partial charge in [-0.3, -0.25) is 14.4 Å². The quantitative estimate of drug-likeness (QED) is 0.575. The van der Waals surface area contributed by atoms with Crippen LogP contribution in [0, 0.1) is 6.92 Å². The Bertz CT molecular complexity index is 975. The third-order valence-corrected chi connectivity index (χ3v) is 5.93. The number of ether oxygens (including phenoxy) is 1. The first-order chi connectivity index (χ1) is 14.3. The molecule has 3 heterocycles. The molecular weight excluding hydrogens is 433 g/mol. The van der Waals surface area contributed by atoms with Crippen LogP contribution in [-0.2, 0) is 18.0 Å². The highest BCUT2D eigenvalue weighted by atomic mass is 35.5. The van der Waals surface area contributed by atoms with Crippen molar-refractivity contribution < 1.29 is 4.74 Å². The average molecular weight is 464 g/mol. The van der Waals surface area contributed by atoms with E-state index < -0.39 is 0 Å². The van der Waals surface area contributed by atoms with Gasteiger partial charge in [0.1, 0.15) is 0 Å². The van der Waals surface area contributed by atoms with Crippen molar-refractivity contribution in [1.29, 1.82) is 0 Å². The van der Waals surface area contributed by atoms with E-state index in [9.17, 15) is 0 Å². The van der Waals surface area contributed by atoms with Crippen LogP contribution in [0.5, 0.6) is 0 Å². The maximum atomic E-state index is 5.49. The number of hydrogen-bond donors (Lipinski definition) is 0. The second-order valence-electron chi connectivity index (χ2n) is 8.15. The average Bonchev–Trinajstić information content (AvgIpc) is 3.11. The molecule has 8 heteroatoms. The molecule has 0 atom stereocenters. The molecule has 1 aromatic heterocycles. The molecule has 0 aliphatic carbocycles. The van der Waals surface area contributed by atoms with Gasteiger partial charge in [0.05, 0.1) is 37.6 Å². The molecule has 0 spiro atoms. The van der Waals surface area contributed by atoms with Gasteiger partial charge in [0.15, 0.2) is 0 Å². The second kappa shape index (κ2) is 10.7. The second-order valence-corrected chi connectivity index (χ2v) is 8.15. The highest BCUT2D eigenvalue weighted by Gasteiger charge is 2.26. The zero-order valence-electron chi connectivity index (χ0n) is 17.9. The smallest absolute Gasteiger partial charge is 0.209 e. The van der Waals surface area contributed by atoms with Crippen molar-refractivity contribution in [3.63, 3.8) is 0 Å². The Kier molecular flexibility index (Phi) is 8.19. The Hall–Kier alpha value is -1.83. The summed E-state index contributed by atoms with van der Waals surface area (Å²) in [6.45, 7) is 10.7. The number of morpholine rings is 1. The Balaban J connectivity index is 0.00000136. The number of aryl methyl sites for hydroxylation is 1. The van der Waals surface area contributed by atoms with Crippen LogP contribution >= 0.6 is 24.8 Å². The van der Waals surface area contributed by atoms with Crippen molar-refractivity contribution in [2.75, 3.05) is 51.0 Å². The summed E-state index contributed by atoms with van der Waals surface area (Å²) in [5, 5.41) is 0. The molecule has 0 N–H and O–H groups in total. The molecule has 0 bridgehead atoms. The van der Waals surface area contributed by atoms with Gasteiger partial charge in [-0.15, -0.1) is 24.8 Å². The van der Waals surface area contributed by atoms with Crippen molar-refractivity contribution in [2.45, 2.75) is 20.1 Å². The van der Waals surface area contributed by atoms with E-state index in [4.69, 9.17) is 9.72 Å². The Morgan fingerprint density at radius 3 is 2.42 bits per heavy atom. The highest BCUT2D eigenvalue weighted by Crippen LogP contribution is 2.28. The number of fused-ring (bicyclic) bond motifs is 3. The lowest BCUT2D eigenvalue weighted by Crippen LogP contribution is -2.48. The SMILES string of the molecule is Cc1ccc2c(c1)nc1n2CN(CCN2CCOCC2)CN1Cc1ccccc1.Cl.Cl. The highest BCUT2D eigenvalue weighted by molar-refractivity contribution is 5.85. The molecule has 0 saturated carbocycles. The van der Waals surface area contributed by atoms with Gasteiger partial charge in [-0.1, -0.05) is 36.4 Å². The molecule has 2 aliphatic rings. The summed E-state index contributed by atoms with van der Waals surface area (Å²) in [6.07, 6.45) is 0. The lowest BCUT2D eigenvalue weighted by molar-refractivity contribution is 0.0310. The summed E-state index contributed by atoms with van der Waals surface area (Å²) in [6, 6.07) is 17.3. The largest absolute Gasteiger partial charge is 0.379 e. The molecule has 168 valence electrons. The summed E-state index contributed by atoms with van der Waals surface area (Å²) in [4.78, 5) is 12.5. The summed E-state index contributed by atoms with van der Waals surface area (Å²) in [7, 11) is 0. The van der Waals surface area contributed by atoms with E-state index in [1.165, 1.54) is 16.6 Å². The molecular formula is C23H31Cl2N5O. The van der Waals surface area contributed by atoms with Gasteiger partial charge in [0, 0.05) is 32.7 Å². The van der Waals surface area contributed by atoms with Crippen molar-refractivity contribution in [3.8, 4) is 0 Å². The fourth-order valence-electron chi connectivity index (χ4n) is 4.33. The third-order valence-electron chi connectivity index (χ3n) is 5.93. The topological polar surface area (TPSA) is 36.8 Å². The van der Waals surface area contributed by atoms with E-state index in [0.717, 1.165) is 70.7 Å². The first-order valence-corrected chi connectivity index (χ1v) is 10.5. The number of benzene rings is 2. The maximum Gasteiger partial charge on any atom is 0.209 e. The number of imidazole rings is 1. The molecule has 2 aromatic carbocycles. The minimum atomic E-state index is 0. The molecule has 1 saturated heterocycles. The van der Waals surface area contributed by atoms with Gasteiger partial charge >= 0.3 is 0 Å². The van der Waals surface area contributed by atoms with Gasteiger partial charge in [-0.25, -0.2) is 4.98 Å². The predicted octanol–water partition coefficient (Wildman–Crippen LogP) is 3.76. The summed E-state index contributed by atoms with van der Waals surface area (Å²) < 4.78 is 7.87. The fourth-order valence-corrected chi connectivity index (χ4v) is 4.33. The van der Waals surface area contributed by atoms with Gasteiger partial charge in [0.2, 0.25) is 5.95 Å². The molecule has 0 radical (unpaired) electrons. The lowest BCUT2D eigenvalue weighted by atomic mass is 10.2. The van der Waals surface area contributed by atoms with Gasteiger partial charge in [0.25, 0.3) is 0 Å². The van der Waals surface area contributed by atoms with Crippen molar-refractivity contribution in [3.05, 3.63) is 59.7 Å². The normalized spacial score (nSPS) is 17.1. The molecule has 0 unspecified atom stereocenters. The third kappa shape index (κ3) is 5.33. The molecule has 0 amide bonds. The standard InChI is InChI=1S/C23H29N5O.2ClH/c1-19-7-8-22-21(15-19)24-23-27(16-20-5-3-2-4-6-20)17-26(18-28(22)23)10-9-25-11-13-29-14-12-25;;/h2-8,15H,9-14,16-18H2,1H3;2*1H. The van der Waals surface area contributed by atoms with E-state index in [2.05, 4.69) is 74.7 Å². The molecule has 5 rings (SSSR count). The number of anilines is 1. The minimum Gasteiger partial charge on any atom is -0.379 e. The molecule has 2 aliphatic heterocycles. The van der Waals surface area contributed by atoms with Crippen LogP contribution in [0.15, 0.2) is 48.5 Å². The molecule has 3 aromatic rings. The molecule has 31 heavy (non-hydrogen) atoms. The summed E-state index contributed by atoms with van der Waals surface area (Å²) in [5.74, 6) is 1.08. The van der Waals surface area contributed by atoms with Crippen molar-refractivity contribution in [1.82, 2.24) is 19.4 Å². The van der Waals surface area contributed by atoms with Crippen LogP contribution in [0.3, 0.4) is 0 Å². The van der Waals surface area contributed by atoms with Crippen LogP contribution in [0.25, 0.3) is 11.0 Å². The van der Waals surface area contributed by atoms with Gasteiger partial charge in [-0.2, -0.15) is 0 Å². The van der Waals surface area contributed by atoms with Crippen LogP contribution in [0.1, 0.15) is 11.1 Å². The van der Waals surface area contributed by atoms with E-state index >= 15 is 0 Å². The fraction of sp³-hybridized carbons (Fsp3) is 0.435. The van der Waals surface area contributed by atoms with E-state index in [1.807, 2.05) is 0 Å². The number of aromatic nitrogens is 2. The summed E-state index contributed by atoms with van der Waals surface area (Å²) in [5.41, 5.74) is 4.89. The van der Waals surface area contributed by atoms with Gasteiger partial charge in [-0.05, 0) is 30.2 Å². The van der Waals surface area contributed by atoms with Crippen LogP contribution in [0.4, 0.5) is 5.95 Å². The van der Waals surface area contributed by atoms with E-state index in [-0.39, 0.29) is 24.8 Å². The van der Waals surface area contributed by atoms with E-state index in [1.54, 1.807) is 0 Å². The molecule has 6 nitrogen and oxygen atoms in total. The Morgan fingerprint density at radius 1 is 0.903 bits per heavy atom. The van der Waals surface area contributed by atoms with E-state index in [0.29, 0.717) is 0 Å². The maximum absolute atomic E-state index is 5.49. The predicted molar refractivity (Wildman–Crippen MR) is 130 cm³/mol. The number of rotatable bonds is 5. The Labute approximate surface area is 196 Å². The van der Waals surface area contributed by atoms with Crippen LogP contribution < -0.4 is 4.90 Å². The lowest BCUT2D eigenvalue weighted by Gasteiger charge is -2.38. The monoisotopic (exact) mass is 463 g/mol. The first kappa shape index (κ1) is 23.8. The van der Waals surface area contributed by atoms with Crippen LogP contribution in [0.2, 0.25) is 0 Å². The van der Waals surface area contributed by atoms with Gasteiger partial charge < -0.3 is 9.64 Å². The molecule has 1 fully saturated rings. The van der Waals surface area contributed by atoms with Crippen molar-refractivity contribution >= 4 is 41.8 Å². The number of hydrogen-bond acceptors (Lipinski definition) is 5. The zero-order valence-corrected chi connectivity index (χ0v) is 19.6. The number of halogens is 2. The first-order valence-electron chi connectivity index (χ1n) is 10.5. The van der Waals surface area contributed by atoms with Crippen molar-refractivity contribution in [2.24, 2.45) is 0 Å². The Morgan fingerprint density at radius 2 is 1.65 bits per heavy atom. The summed E-state index contributed by atoms with van der Waals surface area (Å²) >= 11 is 0. The van der Waals surface area contributed by atoms with Crippen LogP contribution in [-0.4, -0.2) is 65.4 Å². The zero-order chi connectivity index (χ0) is 19.6. The number of nitrogens with zero attached hydrogens (tertiary/aromatic N) is 5. The minimum absolute atomic E-state index is 0.